The SMILES string of the molecule is CC(=O)n1ccc2nc(NC(O)OC(C)(C)C)cnc21. The van der Waals surface area contributed by atoms with Crippen LogP contribution in [0.25, 0.3) is 11.2 Å². The van der Waals surface area contributed by atoms with E-state index in [1.54, 1.807) is 12.3 Å². The van der Waals surface area contributed by atoms with Gasteiger partial charge < -0.3 is 15.2 Å². The molecule has 2 aromatic heterocycles. The molecule has 7 heteroatoms. The number of rotatable bonds is 3. The Morgan fingerprint density at radius 3 is 2.80 bits per heavy atom. The normalized spacial score (nSPS) is 13.4. The first kappa shape index (κ1) is 14.4. The highest BCUT2D eigenvalue weighted by molar-refractivity contribution is 5.87. The molecule has 2 N–H and O–H groups in total. The van der Waals surface area contributed by atoms with Crippen LogP contribution in [-0.4, -0.2) is 37.6 Å². The number of fused-ring (bicyclic) bond motifs is 1. The Hall–Kier alpha value is -1.99. The molecule has 2 heterocycles. The van der Waals surface area contributed by atoms with Crippen LogP contribution in [0.4, 0.5) is 5.82 Å². The predicted octanol–water partition coefficient (Wildman–Crippen LogP) is 1.59. The molecule has 0 amide bonds. The summed E-state index contributed by atoms with van der Waals surface area (Å²) < 4.78 is 6.73. The number of carbonyl (C=O) groups is 1. The lowest BCUT2D eigenvalue weighted by Crippen LogP contribution is -2.32. The Bertz CT molecular complexity index is 630. The van der Waals surface area contributed by atoms with Gasteiger partial charge in [0.2, 0.25) is 12.3 Å². The van der Waals surface area contributed by atoms with Crippen molar-refractivity contribution in [3.05, 3.63) is 18.5 Å². The fourth-order valence-electron chi connectivity index (χ4n) is 1.72. The zero-order chi connectivity index (χ0) is 14.9. The van der Waals surface area contributed by atoms with Gasteiger partial charge in [-0.05, 0) is 26.8 Å². The average molecular weight is 278 g/mol. The van der Waals surface area contributed by atoms with Gasteiger partial charge in [-0.3, -0.25) is 9.36 Å². The molecular weight excluding hydrogens is 260 g/mol. The number of ether oxygens (including phenoxy) is 1. The van der Waals surface area contributed by atoms with E-state index in [-0.39, 0.29) is 5.91 Å². The van der Waals surface area contributed by atoms with Gasteiger partial charge in [-0.2, -0.15) is 0 Å². The van der Waals surface area contributed by atoms with E-state index >= 15 is 0 Å². The van der Waals surface area contributed by atoms with Gasteiger partial charge in [-0.25, -0.2) is 9.97 Å². The van der Waals surface area contributed by atoms with Crippen LogP contribution in [0, 0.1) is 0 Å². The second-order valence-electron chi connectivity index (χ2n) is 5.40. The van der Waals surface area contributed by atoms with Crippen LogP contribution >= 0.6 is 0 Å². The highest BCUT2D eigenvalue weighted by atomic mass is 16.6. The van der Waals surface area contributed by atoms with E-state index in [1.807, 2.05) is 20.8 Å². The van der Waals surface area contributed by atoms with Gasteiger partial charge in [-0.1, -0.05) is 0 Å². The van der Waals surface area contributed by atoms with Crippen molar-refractivity contribution in [2.75, 3.05) is 5.32 Å². The summed E-state index contributed by atoms with van der Waals surface area (Å²) in [6.07, 6.45) is 1.87. The molecule has 0 aliphatic rings. The molecule has 1 unspecified atom stereocenters. The lowest BCUT2D eigenvalue weighted by molar-refractivity contribution is -0.148. The second-order valence-corrected chi connectivity index (χ2v) is 5.40. The lowest BCUT2D eigenvalue weighted by Gasteiger charge is -2.24. The van der Waals surface area contributed by atoms with E-state index in [2.05, 4.69) is 15.3 Å². The van der Waals surface area contributed by atoms with Crippen molar-refractivity contribution in [3.8, 4) is 0 Å². The van der Waals surface area contributed by atoms with Crippen molar-refractivity contribution in [1.82, 2.24) is 14.5 Å². The molecule has 108 valence electrons. The number of nitrogens with zero attached hydrogens (tertiary/aromatic N) is 3. The Morgan fingerprint density at radius 2 is 2.20 bits per heavy atom. The van der Waals surface area contributed by atoms with Gasteiger partial charge in [0.15, 0.2) is 5.65 Å². The fraction of sp³-hybridized carbons (Fsp3) is 0.462. The summed E-state index contributed by atoms with van der Waals surface area (Å²) in [7, 11) is 0. The van der Waals surface area contributed by atoms with E-state index in [9.17, 15) is 9.90 Å². The number of carbonyl (C=O) groups excluding carboxylic acids is 1. The maximum atomic E-state index is 11.4. The van der Waals surface area contributed by atoms with Gasteiger partial charge in [0.25, 0.3) is 0 Å². The largest absolute Gasteiger partial charge is 0.351 e. The number of aliphatic hydroxyl groups is 1. The van der Waals surface area contributed by atoms with Crippen LogP contribution in [0.3, 0.4) is 0 Å². The van der Waals surface area contributed by atoms with Crippen molar-refractivity contribution in [1.29, 1.82) is 0 Å². The van der Waals surface area contributed by atoms with Crippen molar-refractivity contribution in [2.24, 2.45) is 0 Å². The minimum Gasteiger partial charge on any atom is -0.351 e. The van der Waals surface area contributed by atoms with Gasteiger partial charge in [0.1, 0.15) is 11.3 Å². The number of hydrogen-bond donors (Lipinski definition) is 2. The molecule has 7 nitrogen and oxygen atoms in total. The van der Waals surface area contributed by atoms with Crippen molar-refractivity contribution < 1.29 is 14.6 Å². The number of hydrogen-bond acceptors (Lipinski definition) is 6. The minimum atomic E-state index is -1.18. The van der Waals surface area contributed by atoms with Crippen LogP contribution < -0.4 is 5.32 Å². The maximum Gasteiger partial charge on any atom is 0.237 e. The van der Waals surface area contributed by atoms with E-state index in [1.165, 1.54) is 17.7 Å². The first-order chi connectivity index (χ1) is 9.26. The summed E-state index contributed by atoms with van der Waals surface area (Å²) in [6.45, 7) is 6.95. The van der Waals surface area contributed by atoms with E-state index in [0.29, 0.717) is 17.0 Å². The number of anilines is 1. The topological polar surface area (TPSA) is 89.3 Å². The zero-order valence-corrected chi connectivity index (χ0v) is 11.9. The van der Waals surface area contributed by atoms with Crippen LogP contribution in [0.2, 0.25) is 0 Å². The molecule has 20 heavy (non-hydrogen) atoms. The maximum absolute atomic E-state index is 11.4. The van der Waals surface area contributed by atoms with Crippen molar-refractivity contribution >= 4 is 22.9 Å². The molecule has 0 aliphatic heterocycles. The van der Waals surface area contributed by atoms with Gasteiger partial charge >= 0.3 is 0 Å². The number of nitrogens with one attached hydrogen (secondary N) is 1. The standard InChI is InChI=1S/C13H18N4O3/c1-8(18)17-6-5-9-11(17)14-7-10(15-9)16-12(19)20-13(2,3)4/h5-7,12,19H,1-4H3,(H,15,16). The summed E-state index contributed by atoms with van der Waals surface area (Å²) in [4.78, 5) is 19.8. The summed E-state index contributed by atoms with van der Waals surface area (Å²) in [5.41, 5.74) is 0.560. The van der Waals surface area contributed by atoms with E-state index in [4.69, 9.17) is 4.74 Å². The summed E-state index contributed by atoms with van der Waals surface area (Å²) >= 11 is 0. The molecular formula is C13H18N4O3. The molecule has 0 aromatic carbocycles. The van der Waals surface area contributed by atoms with Gasteiger partial charge in [0, 0.05) is 13.1 Å². The fourth-order valence-corrected chi connectivity index (χ4v) is 1.72. The third-order valence-electron chi connectivity index (χ3n) is 2.46. The smallest absolute Gasteiger partial charge is 0.237 e. The molecule has 2 aromatic rings. The number of aliphatic hydroxyl groups excluding tert-OH is 1. The van der Waals surface area contributed by atoms with Crippen LogP contribution in [0.1, 0.15) is 32.5 Å². The van der Waals surface area contributed by atoms with Crippen LogP contribution in [0.5, 0.6) is 0 Å². The molecule has 0 aliphatic carbocycles. The Labute approximate surface area is 116 Å². The summed E-state index contributed by atoms with van der Waals surface area (Å²) in [6, 6.07) is 1.69. The predicted molar refractivity (Wildman–Crippen MR) is 74.3 cm³/mol. The third kappa shape index (κ3) is 3.31. The Morgan fingerprint density at radius 1 is 1.50 bits per heavy atom. The molecule has 0 fully saturated rings. The van der Waals surface area contributed by atoms with Gasteiger partial charge in [0.05, 0.1) is 11.8 Å². The summed E-state index contributed by atoms with van der Waals surface area (Å²) in [5, 5.41) is 12.4. The summed E-state index contributed by atoms with van der Waals surface area (Å²) in [5.74, 6) is 0.238. The zero-order valence-electron chi connectivity index (χ0n) is 11.9. The van der Waals surface area contributed by atoms with E-state index < -0.39 is 12.0 Å². The van der Waals surface area contributed by atoms with Gasteiger partial charge in [-0.15, -0.1) is 0 Å². The van der Waals surface area contributed by atoms with E-state index in [0.717, 1.165) is 0 Å². The average Bonchev–Trinajstić information content (AvgIpc) is 2.68. The van der Waals surface area contributed by atoms with Crippen molar-refractivity contribution in [2.45, 2.75) is 39.7 Å². The minimum absolute atomic E-state index is 0.133. The Kier molecular flexibility index (Phi) is 3.74. The molecule has 0 bridgehead atoms. The lowest BCUT2D eigenvalue weighted by atomic mass is 10.2. The Balaban J connectivity index is 2.18. The molecule has 2 rings (SSSR count). The van der Waals surface area contributed by atoms with Crippen molar-refractivity contribution in [3.63, 3.8) is 0 Å². The number of aromatic nitrogens is 3. The monoisotopic (exact) mass is 278 g/mol. The molecule has 0 saturated heterocycles. The third-order valence-corrected chi connectivity index (χ3v) is 2.46. The molecule has 0 saturated carbocycles. The quantitative estimate of drug-likeness (QED) is 0.829. The second kappa shape index (κ2) is 5.18. The first-order valence-electron chi connectivity index (χ1n) is 6.24. The highest BCUT2D eigenvalue weighted by Crippen LogP contribution is 2.15. The molecule has 0 spiro atoms. The molecule has 0 radical (unpaired) electrons. The molecule has 1 atom stereocenters. The van der Waals surface area contributed by atoms with Crippen LogP contribution in [-0.2, 0) is 4.74 Å². The van der Waals surface area contributed by atoms with Crippen LogP contribution in [0.15, 0.2) is 18.5 Å². The first-order valence-corrected chi connectivity index (χ1v) is 6.24. The highest BCUT2D eigenvalue weighted by Gasteiger charge is 2.17.